The Kier molecular flexibility index (Phi) is 4.18. The number of aliphatic hydroxyl groups is 1. The number of likely N-dealkylation sites (tertiary alicyclic amines) is 1. The highest BCUT2D eigenvalue weighted by Crippen LogP contribution is 2.29. The van der Waals surface area contributed by atoms with Gasteiger partial charge in [0.15, 0.2) is 0 Å². The first-order chi connectivity index (χ1) is 9.76. The zero-order valence-corrected chi connectivity index (χ0v) is 11.8. The van der Waals surface area contributed by atoms with Crippen molar-refractivity contribution in [2.75, 3.05) is 13.1 Å². The van der Waals surface area contributed by atoms with E-state index in [1.54, 1.807) is 12.1 Å². The number of piperidine rings is 1. The minimum Gasteiger partial charge on any atom is -0.392 e. The van der Waals surface area contributed by atoms with E-state index in [2.05, 4.69) is 4.90 Å². The van der Waals surface area contributed by atoms with Gasteiger partial charge in [0.1, 0.15) is 5.82 Å². The molecule has 2 fully saturated rings. The topological polar surface area (TPSA) is 23.5 Å². The molecule has 1 aromatic rings. The number of hydrogen-bond donors (Lipinski definition) is 1. The van der Waals surface area contributed by atoms with Gasteiger partial charge in [-0.15, -0.1) is 0 Å². The molecule has 20 heavy (non-hydrogen) atoms. The zero-order valence-electron chi connectivity index (χ0n) is 11.8. The van der Waals surface area contributed by atoms with Crippen LogP contribution < -0.4 is 0 Å². The lowest BCUT2D eigenvalue weighted by molar-refractivity contribution is 0.118. The van der Waals surface area contributed by atoms with Gasteiger partial charge in [-0.3, -0.25) is 4.90 Å². The zero-order chi connectivity index (χ0) is 13.9. The lowest BCUT2D eigenvalue weighted by Gasteiger charge is -2.40. The van der Waals surface area contributed by atoms with Crippen LogP contribution in [0.2, 0.25) is 0 Å². The summed E-state index contributed by atoms with van der Waals surface area (Å²) in [6, 6.07) is 5.80. The van der Waals surface area contributed by atoms with Gasteiger partial charge in [-0.25, -0.2) is 4.39 Å². The summed E-state index contributed by atoms with van der Waals surface area (Å²) in [7, 11) is 0. The van der Waals surface area contributed by atoms with Gasteiger partial charge in [-0.2, -0.15) is 0 Å². The summed E-state index contributed by atoms with van der Waals surface area (Å²) in [6.45, 7) is 2.13. The predicted octanol–water partition coefficient (Wildman–Crippen LogP) is 3.35. The second-order valence-corrected chi connectivity index (χ2v) is 5.94. The quantitative estimate of drug-likeness (QED) is 0.914. The number of aliphatic hydroxyl groups excluding tert-OH is 1. The molecule has 2 aliphatic rings. The van der Waals surface area contributed by atoms with Crippen LogP contribution >= 0.6 is 0 Å². The Morgan fingerprint density at radius 1 is 1.25 bits per heavy atom. The Hall–Kier alpha value is -1.19. The van der Waals surface area contributed by atoms with Crippen LogP contribution in [0.3, 0.4) is 0 Å². The summed E-state index contributed by atoms with van der Waals surface area (Å²) in [4.78, 5) is 2.59. The molecule has 0 bridgehead atoms. The molecule has 3 heteroatoms. The van der Waals surface area contributed by atoms with Crippen molar-refractivity contribution in [3.05, 3.63) is 40.7 Å². The van der Waals surface area contributed by atoms with Crippen LogP contribution in [0.15, 0.2) is 23.8 Å². The Labute approximate surface area is 119 Å². The van der Waals surface area contributed by atoms with E-state index in [9.17, 15) is 4.39 Å². The van der Waals surface area contributed by atoms with Gasteiger partial charge >= 0.3 is 0 Å². The van der Waals surface area contributed by atoms with Crippen molar-refractivity contribution in [3.8, 4) is 0 Å². The number of hydrogen-bond acceptors (Lipinski definition) is 2. The van der Waals surface area contributed by atoms with Crippen molar-refractivity contribution in [2.45, 2.75) is 44.8 Å². The fourth-order valence-electron chi connectivity index (χ4n) is 3.08. The molecule has 1 saturated heterocycles. The second-order valence-electron chi connectivity index (χ2n) is 5.94. The number of benzene rings is 1. The highest BCUT2D eigenvalue weighted by molar-refractivity contribution is 5.54. The average Bonchev–Trinajstić information content (AvgIpc) is 2.41. The fourth-order valence-corrected chi connectivity index (χ4v) is 3.08. The Morgan fingerprint density at radius 3 is 2.55 bits per heavy atom. The molecule has 1 aromatic carbocycles. The van der Waals surface area contributed by atoms with Crippen LogP contribution in [0.1, 0.15) is 43.2 Å². The van der Waals surface area contributed by atoms with E-state index in [4.69, 9.17) is 5.11 Å². The van der Waals surface area contributed by atoms with E-state index in [-0.39, 0.29) is 12.4 Å². The maximum absolute atomic E-state index is 13.9. The third-order valence-corrected chi connectivity index (χ3v) is 4.64. The normalized spacial score (nSPS) is 20.8. The van der Waals surface area contributed by atoms with Crippen molar-refractivity contribution in [1.29, 1.82) is 0 Å². The number of rotatable bonds is 3. The van der Waals surface area contributed by atoms with E-state index < -0.39 is 0 Å². The van der Waals surface area contributed by atoms with Gasteiger partial charge in [0.2, 0.25) is 0 Å². The van der Waals surface area contributed by atoms with Crippen molar-refractivity contribution < 1.29 is 9.50 Å². The van der Waals surface area contributed by atoms with Crippen molar-refractivity contribution in [2.24, 2.45) is 0 Å². The molecule has 108 valence electrons. The molecule has 1 N–H and O–H groups in total. The molecule has 3 rings (SSSR count). The third-order valence-electron chi connectivity index (χ3n) is 4.64. The minimum atomic E-state index is -0.231. The van der Waals surface area contributed by atoms with Crippen LogP contribution in [-0.4, -0.2) is 29.1 Å². The molecule has 1 heterocycles. The highest BCUT2D eigenvalue weighted by Gasteiger charge is 2.26. The van der Waals surface area contributed by atoms with Gasteiger partial charge in [0.05, 0.1) is 6.61 Å². The first-order valence-electron chi connectivity index (χ1n) is 7.59. The lowest BCUT2D eigenvalue weighted by atomic mass is 9.89. The summed E-state index contributed by atoms with van der Waals surface area (Å²) in [5.74, 6) is -0.231. The second kappa shape index (κ2) is 6.06. The molecule has 1 aliphatic heterocycles. The van der Waals surface area contributed by atoms with E-state index in [1.165, 1.54) is 30.9 Å². The van der Waals surface area contributed by atoms with Crippen molar-refractivity contribution in [3.63, 3.8) is 0 Å². The molecule has 0 amide bonds. The molecule has 1 aliphatic carbocycles. The van der Waals surface area contributed by atoms with Gasteiger partial charge in [-0.1, -0.05) is 30.2 Å². The maximum Gasteiger partial charge on any atom is 0.130 e. The molecule has 0 radical (unpaired) electrons. The Balaban J connectivity index is 1.64. The molecule has 0 aromatic heterocycles. The summed E-state index contributed by atoms with van der Waals surface area (Å²) in [5, 5.41) is 9.00. The van der Waals surface area contributed by atoms with Crippen LogP contribution in [-0.2, 0) is 6.61 Å². The van der Waals surface area contributed by atoms with Crippen molar-refractivity contribution >= 4 is 6.08 Å². The molecular weight excluding hydrogens is 253 g/mol. The third kappa shape index (κ3) is 2.94. The predicted molar refractivity (Wildman–Crippen MR) is 78.7 cm³/mol. The fraction of sp³-hybridized carbons (Fsp3) is 0.529. The summed E-state index contributed by atoms with van der Waals surface area (Å²) >= 11 is 0. The maximum atomic E-state index is 13.9. The summed E-state index contributed by atoms with van der Waals surface area (Å²) in [5.41, 5.74) is 2.62. The molecule has 2 nitrogen and oxygen atoms in total. The standard InChI is InChI=1S/C17H22FNO/c18-17-11-14(12-20)4-5-15(17)10-13-6-8-19(9-7-13)16-2-1-3-16/h4-5,10-11,16,20H,1-3,6-9,12H2. The lowest BCUT2D eigenvalue weighted by Crippen LogP contribution is -2.43. The van der Waals surface area contributed by atoms with E-state index in [0.717, 1.165) is 32.0 Å². The first kappa shape index (κ1) is 13.8. The monoisotopic (exact) mass is 275 g/mol. The van der Waals surface area contributed by atoms with Gasteiger partial charge in [0.25, 0.3) is 0 Å². The molecule has 1 saturated carbocycles. The molecular formula is C17H22FNO. The van der Waals surface area contributed by atoms with Crippen LogP contribution in [0, 0.1) is 5.82 Å². The van der Waals surface area contributed by atoms with Crippen molar-refractivity contribution in [1.82, 2.24) is 4.90 Å². The van der Waals surface area contributed by atoms with Gasteiger partial charge < -0.3 is 5.11 Å². The minimum absolute atomic E-state index is 0.107. The summed E-state index contributed by atoms with van der Waals surface area (Å²) in [6.07, 6.45) is 8.20. The number of nitrogens with zero attached hydrogens (tertiary/aromatic N) is 1. The number of halogens is 1. The Morgan fingerprint density at radius 2 is 2.00 bits per heavy atom. The summed E-state index contributed by atoms with van der Waals surface area (Å²) < 4.78 is 13.9. The molecule has 0 spiro atoms. The average molecular weight is 275 g/mol. The van der Waals surface area contributed by atoms with Gasteiger partial charge in [-0.05, 0) is 37.3 Å². The SMILES string of the molecule is OCc1ccc(C=C2CCN(C3CCC3)CC2)c(F)c1. The first-order valence-corrected chi connectivity index (χ1v) is 7.59. The van der Waals surface area contributed by atoms with E-state index in [0.29, 0.717) is 11.1 Å². The Bertz CT molecular complexity index is 498. The van der Waals surface area contributed by atoms with Crippen LogP contribution in [0.25, 0.3) is 6.08 Å². The largest absolute Gasteiger partial charge is 0.392 e. The van der Waals surface area contributed by atoms with Crippen LogP contribution in [0.5, 0.6) is 0 Å². The molecule has 0 unspecified atom stereocenters. The van der Waals surface area contributed by atoms with Crippen LogP contribution in [0.4, 0.5) is 4.39 Å². The van der Waals surface area contributed by atoms with E-state index >= 15 is 0 Å². The van der Waals surface area contributed by atoms with E-state index in [1.807, 2.05) is 6.08 Å². The highest BCUT2D eigenvalue weighted by atomic mass is 19.1. The molecule has 0 atom stereocenters. The smallest absolute Gasteiger partial charge is 0.130 e. The van der Waals surface area contributed by atoms with Gasteiger partial charge in [0, 0.05) is 24.7 Å².